The molecule has 28 heavy (non-hydrogen) atoms. The summed E-state index contributed by atoms with van der Waals surface area (Å²) < 4.78 is 19.2. The number of rotatable bonds is 10. The van der Waals surface area contributed by atoms with Gasteiger partial charge >= 0.3 is 0 Å². The molecular formula is C24H26FNO2. The van der Waals surface area contributed by atoms with E-state index >= 15 is 0 Å². The molecular weight excluding hydrogens is 353 g/mol. The molecule has 0 heterocycles. The lowest BCUT2D eigenvalue weighted by Crippen LogP contribution is -2.34. The summed E-state index contributed by atoms with van der Waals surface area (Å²) in [5.41, 5.74) is 3.11. The van der Waals surface area contributed by atoms with E-state index in [1.807, 2.05) is 54.6 Å². The van der Waals surface area contributed by atoms with Gasteiger partial charge in [0.1, 0.15) is 5.82 Å². The van der Waals surface area contributed by atoms with Crippen LogP contribution in [0.25, 0.3) is 0 Å². The molecule has 0 aromatic heterocycles. The second-order valence-electron chi connectivity index (χ2n) is 6.94. The highest BCUT2D eigenvalue weighted by molar-refractivity contribution is 5.18. The van der Waals surface area contributed by atoms with E-state index in [1.54, 1.807) is 6.07 Å². The molecule has 0 aliphatic heterocycles. The quantitative estimate of drug-likeness (QED) is 0.567. The van der Waals surface area contributed by atoms with Gasteiger partial charge in [0.15, 0.2) is 0 Å². The van der Waals surface area contributed by atoms with Crippen molar-refractivity contribution in [3.05, 3.63) is 107 Å². The van der Waals surface area contributed by atoms with Gasteiger partial charge in [0, 0.05) is 19.6 Å². The lowest BCUT2D eigenvalue weighted by atomic mass is 10.1. The predicted molar refractivity (Wildman–Crippen MR) is 109 cm³/mol. The van der Waals surface area contributed by atoms with Crippen LogP contribution in [-0.4, -0.2) is 29.3 Å². The van der Waals surface area contributed by atoms with E-state index < -0.39 is 6.10 Å². The lowest BCUT2D eigenvalue weighted by molar-refractivity contribution is 0.00712. The smallest absolute Gasteiger partial charge is 0.123 e. The Kier molecular flexibility index (Phi) is 7.73. The van der Waals surface area contributed by atoms with Crippen LogP contribution in [0.5, 0.6) is 0 Å². The van der Waals surface area contributed by atoms with Gasteiger partial charge < -0.3 is 9.84 Å². The van der Waals surface area contributed by atoms with Gasteiger partial charge in [0.05, 0.1) is 19.3 Å². The van der Waals surface area contributed by atoms with Crippen LogP contribution in [0.3, 0.4) is 0 Å². The fourth-order valence-electron chi connectivity index (χ4n) is 3.16. The minimum Gasteiger partial charge on any atom is -0.389 e. The van der Waals surface area contributed by atoms with Crippen LogP contribution in [0.2, 0.25) is 0 Å². The molecule has 1 N–H and O–H groups in total. The first-order valence-corrected chi connectivity index (χ1v) is 9.49. The van der Waals surface area contributed by atoms with Crippen molar-refractivity contribution in [3.63, 3.8) is 0 Å². The molecule has 0 bridgehead atoms. The molecule has 1 atom stereocenters. The zero-order valence-corrected chi connectivity index (χ0v) is 15.9. The summed E-state index contributed by atoms with van der Waals surface area (Å²) >= 11 is 0. The van der Waals surface area contributed by atoms with Crippen LogP contribution in [0, 0.1) is 5.82 Å². The molecule has 0 saturated carbocycles. The van der Waals surface area contributed by atoms with Gasteiger partial charge in [0.2, 0.25) is 0 Å². The summed E-state index contributed by atoms with van der Waals surface area (Å²) in [4.78, 5) is 2.11. The Labute approximate surface area is 166 Å². The first-order chi connectivity index (χ1) is 13.7. The van der Waals surface area contributed by atoms with Crippen molar-refractivity contribution in [1.29, 1.82) is 0 Å². The monoisotopic (exact) mass is 379 g/mol. The number of hydrogen-bond acceptors (Lipinski definition) is 3. The minimum absolute atomic E-state index is 0.246. The Morgan fingerprint density at radius 3 is 2.07 bits per heavy atom. The normalized spacial score (nSPS) is 12.2. The van der Waals surface area contributed by atoms with Crippen molar-refractivity contribution < 1.29 is 14.2 Å². The Hall–Kier alpha value is -2.53. The van der Waals surface area contributed by atoms with Gasteiger partial charge in [-0.25, -0.2) is 4.39 Å². The molecule has 0 amide bonds. The third-order valence-corrected chi connectivity index (χ3v) is 4.43. The molecule has 0 aliphatic carbocycles. The Morgan fingerprint density at radius 1 is 0.786 bits per heavy atom. The fourth-order valence-corrected chi connectivity index (χ4v) is 3.16. The summed E-state index contributed by atoms with van der Waals surface area (Å²) in [6, 6.07) is 26.6. The molecule has 0 aliphatic rings. The molecule has 3 aromatic carbocycles. The van der Waals surface area contributed by atoms with Crippen molar-refractivity contribution in [2.75, 3.05) is 13.2 Å². The molecule has 0 fully saturated rings. The van der Waals surface area contributed by atoms with Gasteiger partial charge in [-0.05, 0) is 28.8 Å². The van der Waals surface area contributed by atoms with Crippen LogP contribution in [0.15, 0.2) is 84.9 Å². The number of hydrogen-bond donors (Lipinski definition) is 1. The van der Waals surface area contributed by atoms with Gasteiger partial charge in [-0.2, -0.15) is 0 Å². The molecule has 146 valence electrons. The zero-order valence-electron chi connectivity index (χ0n) is 15.9. The standard InChI is InChI=1S/C24H26FNO2/c25-23-13-7-12-22(14-23)16-26(15-20-8-3-1-4-9-20)17-24(27)19-28-18-21-10-5-2-6-11-21/h1-14,24,27H,15-19H2/t24-/m0/s1. The van der Waals surface area contributed by atoms with E-state index in [0.717, 1.165) is 16.7 Å². The SMILES string of the molecule is O[C@H](COCc1ccccc1)CN(Cc1ccccc1)Cc1cccc(F)c1. The third-order valence-electron chi connectivity index (χ3n) is 4.43. The molecule has 3 aromatic rings. The summed E-state index contributed by atoms with van der Waals surface area (Å²) in [6.07, 6.45) is -0.624. The van der Waals surface area contributed by atoms with Gasteiger partial charge in [-0.15, -0.1) is 0 Å². The summed E-state index contributed by atoms with van der Waals surface area (Å²) in [5.74, 6) is -0.246. The number of ether oxygens (including phenoxy) is 1. The Balaban J connectivity index is 1.57. The fraction of sp³-hybridized carbons (Fsp3) is 0.250. The van der Waals surface area contributed by atoms with Crippen LogP contribution in [0.4, 0.5) is 4.39 Å². The highest BCUT2D eigenvalue weighted by Gasteiger charge is 2.14. The van der Waals surface area contributed by atoms with E-state index in [-0.39, 0.29) is 12.4 Å². The van der Waals surface area contributed by atoms with E-state index in [1.165, 1.54) is 12.1 Å². The summed E-state index contributed by atoms with van der Waals surface area (Å²) in [5, 5.41) is 10.5. The highest BCUT2D eigenvalue weighted by atomic mass is 19.1. The van der Waals surface area contributed by atoms with Crippen molar-refractivity contribution in [2.24, 2.45) is 0 Å². The number of benzene rings is 3. The topological polar surface area (TPSA) is 32.7 Å². The zero-order chi connectivity index (χ0) is 19.6. The van der Waals surface area contributed by atoms with Crippen LogP contribution in [0.1, 0.15) is 16.7 Å². The molecule has 0 saturated heterocycles. The van der Waals surface area contributed by atoms with Crippen LogP contribution in [-0.2, 0) is 24.4 Å². The second kappa shape index (κ2) is 10.7. The first kappa shape index (κ1) is 20.2. The van der Waals surface area contributed by atoms with Crippen molar-refractivity contribution in [3.8, 4) is 0 Å². The molecule has 0 unspecified atom stereocenters. The summed E-state index contributed by atoms with van der Waals surface area (Å²) in [6.45, 7) is 2.40. The number of aliphatic hydroxyl groups excluding tert-OH is 1. The molecule has 3 rings (SSSR count). The molecule has 3 nitrogen and oxygen atoms in total. The maximum atomic E-state index is 13.5. The first-order valence-electron chi connectivity index (χ1n) is 9.49. The maximum absolute atomic E-state index is 13.5. The van der Waals surface area contributed by atoms with Crippen molar-refractivity contribution >= 4 is 0 Å². The lowest BCUT2D eigenvalue weighted by Gasteiger charge is -2.25. The Morgan fingerprint density at radius 2 is 1.39 bits per heavy atom. The maximum Gasteiger partial charge on any atom is 0.123 e. The average molecular weight is 379 g/mol. The largest absolute Gasteiger partial charge is 0.389 e. The van der Waals surface area contributed by atoms with Crippen LogP contribution >= 0.6 is 0 Å². The minimum atomic E-state index is -0.624. The molecule has 4 heteroatoms. The number of halogens is 1. The third kappa shape index (κ3) is 6.89. The molecule has 0 radical (unpaired) electrons. The number of nitrogens with zero attached hydrogens (tertiary/aromatic N) is 1. The number of aliphatic hydroxyl groups is 1. The van der Waals surface area contributed by atoms with E-state index in [4.69, 9.17) is 4.74 Å². The predicted octanol–water partition coefficient (Wildman–Crippen LogP) is 4.41. The summed E-state index contributed by atoms with van der Waals surface area (Å²) in [7, 11) is 0. The second-order valence-corrected chi connectivity index (χ2v) is 6.94. The highest BCUT2D eigenvalue weighted by Crippen LogP contribution is 2.12. The van der Waals surface area contributed by atoms with Gasteiger partial charge in [0.25, 0.3) is 0 Å². The van der Waals surface area contributed by atoms with Crippen molar-refractivity contribution in [2.45, 2.75) is 25.8 Å². The Bertz CT molecular complexity index is 826. The average Bonchev–Trinajstić information content (AvgIpc) is 2.69. The van der Waals surface area contributed by atoms with Crippen LogP contribution < -0.4 is 0 Å². The van der Waals surface area contributed by atoms with E-state index in [2.05, 4.69) is 17.0 Å². The van der Waals surface area contributed by atoms with E-state index in [9.17, 15) is 9.50 Å². The van der Waals surface area contributed by atoms with E-state index in [0.29, 0.717) is 26.2 Å². The molecule has 0 spiro atoms. The van der Waals surface area contributed by atoms with Gasteiger partial charge in [-0.1, -0.05) is 72.8 Å². The van der Waals surface area contributed by atoms with Crippen molar-refractivity contribution in [1.82, 2.24) is 4.90 Å². The van der Waals surface area contributed by atoms with Gasteiger partial charge in [-0.3, -0.25) is 4.90 Å².